The Morgan fingerprint density at radius 2 is 2.25 bits per heavy atom. The van der Waals surface area contributed by atoms with Gasteiger partial charge in [0.25, 0.3) is 0 Å². The van der Waals surface area contributed by atoms with Gasteiger partial charge in [0.2, 0.25) is 23.6 Å². The molecule has 0 aliphatic carbocycles. The first-order valence-electron chi connectivity index (χ1n) is 9.16. The minimum atomic E-state index is -0.894. The molecule has 11 heteroatoms. The van der Waals surface area contributed by atoms with E-state index in [4.69, 9.17) is 5.73 Å². The van der Waals surface area contributed by atoms with E-state index in [1.807, 2.05) is 0 Å². The zero-order valence-electron chi connectivity index (χ0n) is 15.5. The van der Waals surface area contributed by atoms with Crippen LogP contribution in [0.5, 0.6) is 0 Å². The number of nitrogens with one attached hydrogen (secondary N) is 3. The fraction of sp³-hybridized carbons (Fsp3) is 0.588. The second-order valence-corrected chi connectivity index (χ2v) is 8.34. The van der Waals surface area contributed by atoms with Crippen LogP contribution in [0.1, 0.15) is 25.5 Å². The van der Waals surface area contributed by atoms with Gasteiger partial charge in [-0.1, -0.05) is 0 Å². The number of carbonyl (C=O) groups is 4. The molecular formula is C17H24N6O4S. The highest BCUT2D eigenvalue weighted by Gasteiger charge is 2.38. The van der Waals surface area contributed by atoms with Crippen LogP contribution in [0.3, 0.4) is 0 Å². The summed E-state index contributed by atoms with van der Waals surface area (Å²) in [6.07, 6.45) is 4.44. The van der Waals surface area contributed by atoms with Crippen molar-refractivity contribution >= 4 is 35.4 Å². The summed E-state index contributed by atoms with van der Waals surface area (Å²) in [6, 6.07) is -2.27. The molecule has 0 saturated carbocycles. The van der Waals surface area contributed by atoms with Crippen molar-refractivity contribution in [2.75, 3.05) is 12.3 Å². The van der Waals surface area contributed by atoms with E-state index in [1.54, 1.807) is 13.1 Å². The molecule has 0 spiro atoms. The molecule has 0 radical (unpaired) electrons. The average Bonchev–Trinajstić information content (AvgIpc) is 3.34. The molecule has 0 aromatic carbocycles. The summed E-state index contributed by atoms with van der Waals surface area (Å²) in [6.45, 7) is 2.19. The Hall–Kier alpha value is -2.56. The van der Waals surface area contributed by atoms with Gasteiger partial charge in [-0.15, -0.1) is 11.8 Å². The highest BCUT2D eigenvalue weighted by molar-refractivity contribution is 8.00. The molecule has 3 heterocycles. The summed E-state index contributed by atoms with van der Waals surface area (Å²) in [7, 11) is 0. The van der Waals surface area contributed by atoms with Gasteiger partial charge in [0.05, 0.1) is 11.6 Å². The van der Waals surface area contributed by atoms with E-state index in [1.165, 1.54) is 23.0 Å². The number of likely N-dealkylation sites (tertiary alicyclic amines) is 1. The van der Waals surface area contributed by atoms with Crippen molar-refractivity contribution in [3.05, 3.63) is 18.2 Å². The molecule has 2 saturated heterocycles. The maximum Gasteiger partial charge on any atom is 0.246 e. The van der Waals surface area contributed by atoms with Gasteiger partial charge in [0, 0.05) is 30.6 Å². The Kier molecular flexibility index (Phi) is 6.22. The maximum atomic E-state index is 13.1. The third kappa shape index (κ3) is 4.46. The number of carbonyl (C=O) groups excluding carboxylic acids is 4. The van der Waals surface area contributed by atoms with Crippen LogP contribution in [0.15, 0.2) is 12.5 Å². The topological polar surface area (TPSA) is 150 Å². The summed E-state index contributed by atoms with van der Waals surface area (Å²) in [5, 5.41) is 5.20. The van der Waals surface area contributed by atoms with Crippen LogP contribution in [-0.4, -0.2) is 74.2 Å². The van der Waals surface area contributed by atoms with Gasteiger partial charge in [-0.25, -0.2) is 4.98 Å². The Labute approximate surface area is 166 Å². The normalized spacial score (nSPS) is 25.8. The number of amides is 4. The number of nitrogens with zero attached hydrogens (tertiary/aromatic N) is 2. The lowest BCUT2D eigenvalue weighted by molar-refractivity contribution is -0.141. The molecule has 2 aliphatic heterocycles. The molecule has 4 atom stereocenters. The van der Waals surface area contributed by atoms with Gasteiger partial charge in [0.15, 0.2) is 0 Å². The fourth-order valence-corrected chi connectivity index (χ4v) is 4.34. The van der Waals surface area contributed by atoms with Gasteiger partial charge in [-0.3, -0.25) is 19.2 Å². The first-order chi connectivity index (χ1) is 13.4. The predicted molar refractivity (Wildman–Crippen MR) is 102 cm³/mol. The number of thioether (sulfide) groups is 1. The third-order valence-electron chi connectivity index (χ3n) is 4.97. The van der Waals surface area contributed by atoms with E-state index in [9.17, 15) is 19.2 Å². The minimum Gasteiger partial charge on any atom is -0.368 e. The first-order valence-corrected chi connectivity index (χ1v) is 10.2. The van der Waals surface area contributed by atoms with Gasteiger partial charge < -0.3 is 26.3 Å². The number of hydrogen-bond donors (Lipinski definition) is 4. The third-order valence-corrected chi connectivity index (χ3v) is 6.21. The molecular weight excluding hydrogens is 384 g/mol. The number of hydrogen-bond acceptors (Lipinski definition) is 6. The molecule has 3 rings (SSSR count). The molecule has 0 bridgehead atoms. The van der Waals surface area contributed by atoms with E-state index >= 15 is 0 Å². The van der Waals surface area contributed by atoms with Crippen LogP contribution < -0.4 is 16.4 Å². The Bertz CT molecular complexity index is 755. The summed E-state index contributed by atoms with van der Waals surface area (Å²) in [5.41, 5.74) is 6.09. The van der Waals surface area contributed by atoms with Gasteiger partial charge in [0.1, 0.15) is 18.1 Å². The molecule has 28 heavy (non-hydrogen) atoms. The van der Waals surface area contributed by atoms with Crippen molar-refractivity contribution < 1.29 is 19.2 Å². The van der Waals surface area contributed by atoms with E-state index in [-0.39, 0.29) is 23.5 Å². The number of H-pyrrole nitrogens is 1. The number of nitrogens with two attached hydrogens (primary N) is 1. The van der Waals surface area contributed by atoms with E-state index in [2.05, 4.69) is 20.6 Å². The molecule has 2 fully saturated rings. The van der Waals surface area contributed by atoms with Crippen LogP contribution in [0, 0.1) is 0 Å². The second kappa shape index (κ2) is 8.63. The Balaban J connectivity index is 1.73. The number of aromatic amines is 1. The van der Waals surface area contributed by atoms with Crippen molar-refractivity contribution in [2.24, 2.45) is 5.73 Å². The molecule has 152 valence electrons. The van der Waals surface area contributed by atoms with Gasteiger partial charge in [-0.2, -0.15) is 0 Å². The number of aromatic nitrogens is 2. The smallest absolute Gasteiger partial charge is 0.246 e. The molecule has 1 aromatic heterocycles. The molecule has 5 N–H and O–H groups in total. The molecule has 2 aliphatic rings. The fourth-order valence-electron chi connectivity index (χ4n) is 3.40. The van der Waals surface area contributed by atoms with Crippen molar-refractivity contribution in [2.45, 2.75) is 49.6 Å². The lowest BCUT2D eigenvalue weighted by Crippen LogP contribution is -2.59. The van der Waals surface area contributed by atoms with Crippen LogP contribution >= 0.6 is 11.8 Å². The van der Waals surface area contributed by atoms with Gasteiger partial charge in [-0.05, 0) is 19.8 Å². The van der Waals surface area contributed by atoms with E-state index in [0.717, 1.165) is 0 Å². The quantitative estimate of drug-likeness (QED) is 0.451. The second-order valence-electron chi connectivity index (χ2n) is 6.97. The van der Waals surface area contributed by atoms with E-state index < -0.39 is 29.9 Å². The maximum absolute atomic E-state index is 13.1. The minimum absolute atomic E-state index is 0.191. The molecule has 1 aromatic rings. The Morgan fingerprint density at radius 3 is 2.89 bits per heavy atom. The molecule has 0 unspecified atom stereocenters. The van der Waals surface area contributed by atoms with E-state index in [0.29, 0.717) is 30.8 Å². The summed E-state index contributed by atoms with van der Waals surface area (Å²) >= 11 is 1.39. The van der Waals surface area contributed by atoms with Crippen molar-refractivity contribution in [1.82, 2.24) is 25.5 Å². The Morgan fingerprint density at radius 1 is 1.46 bits per heavy atom. The van der Waals surface area contributed by atoms with Crippen LogP contribution in [0.2, 0.25) is 0 Å². The zero-order valence-corrected chi connectivity index (χ0v) is 16.3. The standard InChI is InChI=1S/C17H24N6O4S/c1-9-15(25)22-12(7-28-9)16(26)21-11(5-10-6-19-8-20-10)17(27)23-4-2-3-13(23)14(18)24/h6,8-9,11-13H,2-5,7H2,1H3,(H2,18,24)(H,19,20)(H,21,26)(H,22,25)/t9-,11-,12+,13+/m0/s1. The van der Waals surface area contributed by atoms with Crippen LogP contribution in [-0.2, 0) is 25.6 Å². The number of primary amides is 1. The highest BCUT2D eigenvalue weighted by atomic mass is 32.2. The largest absolute Gasteiger partial charge is 0.368 e. The zero-order chi connectivity index (χ0) is 20.3. The number of rotatable bonds is 6. The van der Waals surface area contributed by atoms with Crippen LogP contribution in [0.25, 0.3) is 0 Å². The van der Waals surface area contributed by atoms with Gasteiger partial charge >= 0.3 is 0 Å². The molecule has 10 nitrogen and oxygen atoms in total. The summed E-state index contributed by atoms with van der Waals surface area (Å²) in [5.74, 6) is -1.13. The first kappa shape index (κ1) is 20.2. The molecule has 4 amide bonds. The monoisotopic (exact) mass is 408 g/mol. The van der Waals surface area contributed by atoms with Crippen molar-refractivity contribution in [3.63, 3.8) is 0 Å². The summed E-state index contributed by atoms with van der Waals surface area (Å²) in [4.78, 5) is 57.6. The van der Waals surface area contributed by atoms with Crippen molar-refractivity contribution in [1.29, 1.82) is 0 Å². The lowest BCUT2D eigenvalue weighted by Gasteiger charge is -2.30. The predicted octanol–water partition coefficient (Wildman–Crippen LogP) is -1.47. The SMILES string of the molecule is C[C@@H]1SC[C@H](C(=O)N[C@@H](Cc2cnc[nH]2)C(=O)N2CCC[C@@H]2C(N)=O)NC1=O. The van der Waals surface area contributed by atoms with Crippen LogP contribution in [0.4, 0.5) is 0 Å². The highest BCUT2D eigenvalue weighted by Crippen LogP contribution is 2.20. The van der Waals surface area contributed by atoms with Crippen molar-refractivity contribution in [3.8, 4) is 0 Å². The number of imidazole rings is 1. The summed E-state index contributed by atoms with van der Waals surface area (Å²) < 4.78 is 0. The lowest BCUT2D eigenvalue weighted by atomic mass is 10.1. The average molecular weight is 408 g/mol.